The van der Waals surface area contributed by atoms with Crippen LogP contribution in [0, 0.1) is 0 Å². The molecular formula is C24H36IN5O2. The molecule has 1 saturated heterocycles. The van der Waals surface area contributed by atoms with Crippen molar-refractivity contribution in [1.82, 2.24) is 10.6 Å². The molecule has 1 aliphatic rings. The Bertz CT molecular complexity index is 804. The summed E-state index contributed by atoms with van der Waals surface area (Å²) in [6.45, 7) is 3.76. The number of benzene rings is 2. The number of anilines is 2. The lowest BCUT2D eigenvalue weighted by Crippen LogP contribution is -2.49. The van der Waals surface area contributed by atoms with E-state index in [1.165, 1.54) is 0 Å². The van der Waals surface area contributed by atoms with Crippen LogP contribution < -0.4 is 30.3 Å². The maximum Gasteiger partial charge on any atom is 0.191 e. The highest BCUT2D eigenvalue weighted by atomic mass is 127. The van der Waals surface area contributed by atoms with E-state index >= 15 is 0 Å². The Kier molecular flexibility index (Phi) is 11.3. The number of hydrogen-bond acceptors (Lipinski definition) is 5. The molecular weight excluding hydrogens is 517 g/mol. The fourth-order valence-corrected chi connectivity index (χ4v) is 3.73. The van der Waals surface area contributed by atoms with Crippen molar-refractivity contribution < 1.29 is 9.47 Å². The average Bonchev–Trinajstić information content (AvgIpc) is 2.83. The molecule has 0 saturated carbocycles. The summed E-state index contributed by atoms with van der Waals surface area (Å²) in [6, 6.07) is 16.7. The van der Waals surface area contributed by atoms with Crippen LogP contribution in [-0.2, 0) is 0 Å². The van der Waals surface area contributed by atoms with Gasteiger partial charge in [-0.05, 0) is 31.4 Å². The van der Waals surface area contributed by atoms with Crippen molar-refractivity contribution >= 4 is 41.3 Å². The molecule has 176 valence electrons. The van der Waals surface area contributed by atoms with Crippen molar-refractivity contribution in [2.24, 2.45) is 4.99 Å². The Labute approximate surface area is 209 Å². The van der Waals surface area contributed by atoms with Gasteiger partial charge in [-0.3, -0.25) is 4.99 Å². The average molecular weight is 553 g/mol. The molecule has 0 bridgehead atoms. The molecule has 1 fully saturated rings. The minimum Gasteiger partial charge on any atom is -0.497 e. The third kappa shape index (κ3) is 7.96. The largest absolute Gasteiger partial charge is 0.497 e. The van der Waals surface area contributed by atoms with E-state index in [4.69, 9.17) is 9.47 Å². The van der Waals surface area contributed by atoms with Crippen LogP contribution in [-0.4, -0.2) is 59.4 Å². The molecule has 1 heterocycles. The monoisotopic (exact) mass is 553 g/mol. The summed E-state index contributed by atoms with van der Waals surface area (Å²) in [5.74, 6) is 2.52. The summed E-state index contributed by atoms with van der Waals surface area (Å²) >= 11 is 0. The molecule has 3 N–H and O–H groups in total. The molecule has 0 atom stereocenters. The number of piperidine rings is 1. The van der Waals surface area contributed by atoms with Gasteiger partial charge >= 0.3 is 0 Å². The van der Waals surface area contributed by atoms with Gasteiger partial charge in [0.15, 0.2) is 5.96 Å². The molecule has 7 nitrogen and oxygen atoms in total. The summed E-state index contributed by atoms with van der Waals surface area (Å²) in [4.78, 5) is 6.77. The molecule has 8 heteroatoms. The van der Waals surface area contributed by atoms with Crippen molar-refractivity contribution in [2.75, 3.05) is 57.7 Å². The lowest BCUT2D eigenvalue weighted by Gasteiger charge is -2.34. The van der Waals surface area contributed by atoms with E-state index in [1.54, 1.807) is 14.2 Å². The van der Waals surface area contributed by atoms with Crippen LogP contribution >= 0.6 is 24.0 Å². The van der Waals surface area contributed by atoms with E-state index in [1.807, 2.05) is 31.3 Å². The number of ether oxygens (including phenoxy) is 2. The van der Waals surface area contributed by atoms with Gasteiger partial charge in [-0.1, -0.05) is 18.2 Å². The smallest absolute Gasteiger partial charge is 0.191 e. The molecule has 0 radical (unpaired) electrons. The van der Waals surface area contributed by atoms with Gasteiger partial charge in [-0.25, -0.2) is 0 Å². The fraction of sp³-hybridized carbons (Fsp3) is 0.458. The van der Waals surface area contributed by atoms with Crippen LogP contribution in [0.5, 0.6) is 11.5 Å². The molecule has 0 aliphatic carbocycles. The Morgan fingerprint density at radius 1 is 1.00 bits per heavy atom. The van der Waals surface area contributed by atoms with Crippen molar-refractivity contribution in [3.05, 3.63) is 48.5 Å². The molecule has 2 aromatic carbocycles. The maximum absolute atomic E-state index is 5.41. The Balaban J connectivity index is 0.00000363. The number of guanidine groups is 1. The van der Waals surface area contributed by atoms with Gasteiger partial charge in [0.1, 0.15) is 11.5 Å². The van der Waals surface area contributed by atoms with Gasteiger partial charge < -0.3 is 30.3 Å². The predicted octanol–water partition coefficient (Wildman–Crippen LogP) is 3.96. The first-order chi connectivity index (χ1) is 15.2. The topological polar surface area (TPSA) is 70.2 Å². The van der Waals surface area contributed by atoms with E-state index in [2.05, 4.69) is 50.1 Å². The van der Waals surface area contributed by atoms with Gasteiger partial charge in [0.25, 0.3) is 0 Å². The Hall–Kier alpha value is -2.36. The van der Waals surface area contributed by atoms with E-state index < -0.39 is 0 Å². The standard InChI is InChI=1S/C24H35N5O2.HI/c1-25-24(27-13-7-12-26-19-8-5-4-6-9-19)28-20-10-14-29(15-11-20)21-16-22(30-2)18-23(17-21)31-3;/h4-6,8-9,16-18,20,26H,7,10-15H2,1-3H3,(H2,25,27,28);1H. The Morgan fingerprint density at radius 2 is 1.66 bits per heavy atom. The zero-order valence-electron chi connectivity index (χ0n) is 19.3. The minimum absolute atomic E-state index is 0. The Morgan fingerprint density at radius 3 is 2.25 bits per heavy atom. The molecule has 32 heavy (non-hydrogen) atoms. The summed E-state index contributed by atoms with van der Waals surface area (Å²) in [6.07, 6.45) is 3.12. The third-order valence-corrected chi connectivity index (χ3v) is 5.51. The second-order valence-electron chi connectivity index (χ2n) is 7.62. The van der Waals surface area contributed by atoms with Crippen LogP contribution in [0.15, 0.2) is 53.5 Å². The van der Waals surface area contributed by atoms with Crippen LogP contribution in [0.1, 0.15) is 19.3 Å². The molecule has 0 unspecified atom stereocenters. The SMILES string of the molecule is CN=C(NCCCNc1ccccc1)NC1CCN(c2cc(OC)cc(OC)c2)CC1.I. The highest BCUT2D eigenvalue weighted by Gasteiger charge is 2.21. The van der Waals surface area contributed by atoms with E-state index in [-0.39, 0.29) is 24.0 Å². The maximum atomic E-state index is 5.41. The first-order valence-electron chi connectivity index (χ1n) is 11.0. The zero-order valence-corrected chi connectivity index (χ0v) is 21.6. The van der Waals surface area contributed by atoms with E-state index in [9.17, 15) is 0 Å². The van der Waals surface area contributed by atoms with Gasteiger partial charge in [-0.2, -0.15) is 0 Å². The second kappa shape index (κ2) is 13.9. The first-order valence-corrected chi connectivity index (χ1v) is 11.0. The lowest BCUT2D eigenvalue weighted by molar-refractivity contribution is 0.393. The van der Waals surface area contributed by atoms with Crippen LogP contribution in [0.2, 0.25) is 0 Å². The number of rotatable bonds is 9. The first kappa shape index (κ1) is 25.9. The normalized spacial score (nSPS) is 14.3. The van der Waals surface area contributed by atoms with Gasteiger partial charge in [0, 0.05) is 68.8 Å². The fourth-order valence-electron chi connectivity index (χ4n) is 3.73. The number of hydrogen-bond donors (Lipinski definition) is 3. The van der Waals surface area contributed by atoms with Crippen molar-refractivity contribution in [1.29, 1.82) is 0 Å². The van der Waals surface area contributed by atoms with Crippen LogP contribution in [0.3, 0.4) is 0 Å². The molecule has 0 amide bonds. The van der Waals surface area contributed by atoms with Gasteiger partial charge in [0.2, 0.25) is 0 Å². The van der Waals surface area contributed by atoms with Crippen molar-refractivity contribution in [3.63, 3.8) is 0 Å². The minimum atomic E-state index is 0. The highest BCUT2D eigenvalue weighted by Crippen LogP contribution is 2.30. The van der Waals surface area contributed by atoms with Crippen molar-refractivity contribution in [3.8, 4) is 11.5 Å². The lowest BCUT2D eigenvalue weighted by atomic mass is 10.0. The van der Waals surface area contributed by atoms with E-state index in [0.717, 1.165) is 74.3 Å². The number of methoxy groups -OCH3 is 2. The number of nitrogens with one attached hydrogen (secondary N) is 3. The predicted molar refractivity (Wildman–Crippen MR) is 144 cm³/mol. The summed E-state index contributed by atoms with van der Waals surface area (Å²) in [7, 11) is 5.20. The number of nitrogens with zero attached hydrogens (tertiary/aromatic N) is 2. The zero-order chi connectivity index (χ0) is 21.9. The van der Waals surface area contributed by atoms with Crippen LogP contribution in [0.4, 0.5) is 11.4 Å². The number of halogens is 1. The van der Waals surface area contributed by atoms with E-state index in [0.29, 0.717) is 6.04 Å². The molecule has 1 aliphatic heterocycles. The number of aliphatic imine (C=N–C) groups is 1. The summed E-state index contributed by atoms with van der Waals surface area (Å²) < 4.78 is 10.8. The molecule has 2 aromatic rings. The highest BCUT2D eigenvalue weighted by molar-refractivity contribution is 14.0. The third-order valence-electron chi connectivity index (χ3n) is 5.51. The summed E-state index contributed by atoms with van der Waals surface area (Å²) in [5, 5.41) is 10.4. The van der Waals surface area contributed by atoms with Gasteiger partial charge in [0.05, 0.1) is 14.2 Å². The summed E-state index contributed by atoms with van der Waals surface area (Å²) in [5.41, 5.74) is 2.30. The molecule has 3 rings (SSSR count). The van der Waals surface area contributed by atoms with Crippen LogP contribution in [0.25, 0.3) is 0 Å². The van der Waals surface area contributed by atoms with Gasteiger partial charge in [-0.15, -0.1) is 24.0 Å². The number of para-hydroxylation sites is 1. The molecule has 0 aromatic heterocycles. The quantitative estimate of drug-likeness (QED) is 0.189. The van der Waals surface area contributed by atoms with Crippen molar-refractivity contribution in [2.45, 2.75) is 25.3 Å². The molecule has 0 spiro atoms. The second-order valence-corrected chi connectivity index (χ2v) is 7.62.